The third-order valence-corrected chi connectivity index (χ3v) is 0.507. The van der Waals surface area contributed by atoms with Gasteiger partial charge in [0.15, 0.2) is 0 Å². The van der Waals surface area contributed by atoms with Gasteiger partial charge >= 0.3 is 0 Å². The second-order valence-corrected chi connectivity index (χ2v) is 0.845. The molecular formula is Cl3NO3. The van der Waals surface area contributed by atoms with E-state index < -0.39 is 0 Å². The predicted octanol–water partition coefficient (Wildman–Crippen LogP) is 1.54. The molecule has 0 saturated carbocycles. The fourth-order valence-corrected chi connectivity index (χ4v) is 0.287. The molecule has 0 aliphatic carbocycles. The SMILES string of the molecule is ClON(OCl)OCl. The average molecular weight is 168 g/mol. The van der Waals surface area contributed by atoms with Crippen molar-refractivity contribution in [3.63, 3.8) is 0 Å². The summed E-state index contributed by atoms with van der Waals surface area (Å²) in [6.07, 6.45) is 0. The molecule has 0 atom stereocenters. The van der Waals surface area contributed by atoms with Gasteiger partial charge in [0.1, 0.15) is 5.39 Å². The molecule has 0 spiro atoms. The lowest BCUT2D eigenvalue weighted by atomic mass is 13.0. The highest BCUT2D eigenvalue weighted by Gasteiger charge is 2.00. The summed E-state index contributed by atoms with van der Waals surface area (Å²) < 4.78 is 10.9. The van der Waals surface area contributed by atoms with E-state index in [2.05, 4.69) is 48.8 Å². The summed E-state index contributed by atoms with van der Waals surface area (Å²) in [7, 11) is 0. The second-order valence-electron chi connectivity index (χ2n) is 0.431. The van der Waals surface area contributed by atoms with Crippen LogP contribution in [-0.2, 0) is 13.2 Å². The Balaban J connectivity index is 2.99. The van der Waals surface area contributed by atoms with Gasteiger partial charge in [-0.3, -0.25) is 0 Å². The molecule has 0 unspecified atom stereocenters. The van der Waals surface area contributed by atoms with Gasteiger partial charge in [0.25, 0.3) is 0 Å². The monoisotopic (exact) mass is 167 g/mol. The minimum Gasteiger partial charge on any atom is -0.133 e. The number of hydrogen-bond donors (Lipinski definition) is 0. The smallest absolute Gasteiger partial charge is 0.130 e. The van der Waals surface area contributed by atoms with E-state index in [1.165, 1.54) is 0 Å². The summed E-state index contributed by atoms with van der Waals surface area (Å²) in [6.45, 7) is 0. The first-order valence-corrected chi connectivity index (χ1v) is 1.94. The van der Waals surface area contributed by atoms with E-state index in [-0.39, 0.29) is 5.39 Å². The number of nitrogens with zero attached hydrogens (tertiary/aromatic N) is 1. The van der Waals surface area contributed by atoms with Gasteiger partial charge < -0.3 is 0 Å². The third kappa shape index (κ3) is 3.31. The summed E-state index contributed by atoms with van der Waals surface area (Å²) in [5.41, 5.74) is 0. The van der Waals surface area contributed by atoms with Crippen molar-refractivity contribution in [2.45, 2.75) is 0 Å². The molecule has 0 aliphatic heterocycles. The molecule has 44 valence electrons. The van der Waals surface area contributed by atoms with Crippen molar-refractivity contribution in [3.8, 4) is 0 Å². The van der Waals surface area contributed by atoms with E-state index >= 15 is 0 Å². The van der Waals surface area contributed by atoms with Gasteiger partial charge in [0.05, 0.1) is 35.6 Å². The maximum atomic E-state index is 4.57. The Bertz CT molecular complexity index is 31.7. The number of rotatable bonds is 3. The molecule has 7 heavy (non-hydrogen) atoms. The topological polar surface area (TPSA) is 30.9 Å². The zero-order valence-electron chi connectivity index (χ0n) is 2.81. The molecule has 0 aromatic heterocycles. The Labute approximate surface area is 54.8 Å². The molecule has 0 saturated heterocycles. The minimum atomic E-state index is 0.171. The molecular weight excluding hydrogens is 168 g/mol. The van der Waals surface area contributed by atoms with Crippen molar-refractivity contribution < 1.29 is 13.2 Å². The largest absolute Gasteiger partial charge is 0.133 e. The molecule has 0 amide bonds. The molecule has 0 fully saturated rings. The van der Waals surface area contributed by atoms with Gasteiger partial charge in [-0.05, 0) is 0 Å². The van der Waals surface area contributed by atoms with Crippen molar-refractivity contribution in [1.29, 1.82) is 0 Å². The molecule has 0 N–H and O–H groups in total. The van der Waals surface area contributed by atoms with Crippen LogP contribution in [0.25, 0.3) is 0 Å². The number of hydrogen-bond acceptors (Lipinski definition) is 4. The molecule has 0 bridgehead atoms. The Kier molecular flexibility index (Phi) is 5.35. The van der Waals surface area contributed by atoms with E-state index in [9.17, 15) is 0 Å². The van der Waals surface area contributed by atoms with Gasteiger partial charge in [-0.15, -0.1) is 13.2 Å². The van der Waals surface area contributed by atoms with Crippen molar-refractivity contribution >= 4 is 35.6 Å². The molecule has 0 radical (unpaired) electrons. The van der Waals surface area contributed by atoms with Crippen LogP contribution in [0, 0.1) is 0 Å². The maximum Gasteiger partial charge on any atom is 0.130 e. The first-order valence-electron chi connectivity index (χ1n) is 1.01. The molecule has 0 rings (SSSR count). The summed E-state index contributed by atoms with van der Waals surface area (Å²) in [4.78, 5) is 0. The maximum absolute atomic E-state index is 4.57. The Hall–Kier alpha value is 0.710. The van der Waals surface area contributed by atoms with Crippen molar-refractivity contribution in [2.24, 2.45) is 0 Å². The first-order chi connectivity index (χ1) is 3.35. The van der Waals surface area contributed by atoms with E-state index in [1.807, 2.05) is 0 Å². The fraction of sp³-hybridized carbons (Fsp3) is 0. The third-order valence-electron chi connectivity index (χ3n) is 0.169. The van der Waals surface area contributed by atoms with Crippen LogP contribution < -0.4 is 0 Å². The van der Waals surface area contributed by atoms with Gasteiger partial charge in [0.2, 0.25) is 0 Å². The lowest BCUT2D eigenvalue weighted by Crippen LogP contribution is -2.10. The molecule has 0 heterocycles. The predicted molar refractivity (Wildman–Crippen MR) is 22.7 cm³/mol. The highest BCUT2D eigenvalue weighted by atomic mass is 35.5. The normalized spacial score (nSPS) is 10.3. The quantitative estimate of drug-likeness (QED) is 0.598. The highest BCUT2D eigenvalue weighted by Crippen LogP contribution is 2.00. The second kappa shape index (κ2) is 4.86. The van der Waals surface area contributed by atoms with Crippen LogP contribution in [0.1, 0.15) is 0 Å². The Morgan fingerprint density at radius 2 is 1.14 bits per heavy atom. The summed E-state index contributed by atoms with van der Waals surface area (Å²) in [6, 6.07) is 0. The van der Waals surface area contributed by atoms with Crippen LogP contribution in [0.15, 0.2) is 0 Å². The van der Waals surface area contributed by atoms with Crippen LogP contribution >= 0.6 is 35.6 Å². The van der Waals surface area contributed by atoms with Crippen molar-refractivity contribution in [2.75, 3.05) is 0 Å². The first kappa shape index (κ1) is 7.71. The Morgan fingerprint density at radius 3 is 1.14 bits per heavy atom. The zero-order chi connectivity index (χ0) is 5.70. The van der Waals surface area contributed by atoms with Crippen LogP contribution in [0.3, 0.4) is 0 Å². The zero-order valence-corrected chi connectivity index (χ0v) is 5.07. The molecule has 4 nitrogen and oxygen atoms in total. The molecule has 0 aliphatic rings. The molecule has 7 heteroatoms. The lowest BCUT2D eigenvalue weighted by Gasteiger charge is -2.01. The van der Waals surface area contributed by atoms with E-state index in [0.29, 0.717) is 0 Å². The van der Waals surface area contributed by atoms with E-state index in [4.69, 9.17) is 0 Å². The van der Waals surface area contributed by atoms with Crippen molar-refractivity contribution in [3.05, 3.63) is 0 Å². The van der Waals surface area contributed by atoms with Gasteiger partial charge in [-0.1, -0.05) is 0 Å². The van der Waals surface area contributed by atoms with Crippen LogP contribution in [0.2, 0.25) is 0 Å². The standard InChI is InChI=1S/Cl3NO3/c1-5-4(6-2)7-3. The van der Waals surface area contributed by atoms with Gasteiger partial charge in [-0.2, -0.15) is 0 Å². The van der Waals surface area contributed by atoms with Crippen LogP contribution in [0.5, 0.6) is 0 Å². The lowest BCUT2D eigenvalue weighted by molar-refractivity contribution is -0.408. The number of halogens is 3. The van der Waals surface area contributed by atoms with Gasteiger partial charge in [-0.25, -0.2) is 0 Å². The summed E-state index contributed by atoms with van der Waals surface area (Å²) in [5, 5.41) is 0.171. The van der Waals surface area contributed by atoms with Crippen LogP contribution in [0.4, 0.5) is 0 Å². The summed E-state index contributed by atoms with van der Waals surface area (Å²) >= 11 is 13.7. The highest BCUT2D eigenvalue weighted by molar-refractivity contribution is 6.09. The summed E-state index contributed by atoms with van der Waals surface area (Å²) in [5.74, 6) is 0. The fourth-order valence-electron chi connectivity index (χ4n) is 0.0319. The minimum absolute atomic E-state index is 0.171. The molecule has 0 aromatic rings. The average Bonchev–Trinajstić information content (AvgIpc) is 1.72. The Morgan fingerprint density at radius 1 is 0.857 bits per heavy atom. The molecule has 0 aromatic carbocycles. The van der Waals surface area contributed by atoms with E-state index in [1.54, 1.807) is 0 Å². The van der Waals surface area contributed by atoms with Gasteiger partial charge in [0, 0.05) is 0 Å². The van der Waals surface area contributed by atoms with Crippen molar-refractivity contribution in [1.82, 2.24) is 5.39 Å². The van der Waals surface area contributed by atoms with E-state index in [0.717, 1.165) is 0 Å². The van der Waals surface area contributed by atoms with Crippen LogP contribution in [-0.4, -0.2) is 5.39 Å².